The molecule has 0 spiro atoms. The fourth-order valence-corrected chi connectivity index (χ4v) is 3.56. The molecule has 2 aromatic heterocycles. The molecule has 2 aromatic carbocycles. The van der Waals surface area contributed by atoms with Crippen LogP contribution in [0.2, 0.25) is 0 Å². The van der Waals surface area contributed by atoms with Crippen LogP contribution in [0.25, 0.3) is 22.8 Å². The topological polar surface area (TPSA) is 78.9 Å². The van der Waals surface area contributed by atoms with Crippen molar-refractivity contribution in [3.05, 3.63) is 60.5 Å². The number of rotatable bonds is 6. The zero-order valence-electron chi connectivity index (χ0n) is 15.7. The molecule has 1 atom stereocenters. The molecule has 4 aromatic rings. The van der Waals surface area contributed by atoms with E-state index in [1.807, 2.05) is 73.1 Å². The monoisotopic (exact) mass is 393 g/mol. The third-order valence-corrected chi connectivity index (χ3v) is 5.40. The fraction of sp³-hybridized carbons (Fsp3) is 0.200. The molecule has 4 rings (SSSR count). The van der Waals surface area contributed by atoms with Crippen molar-refractivity contribution in [1.29, 1.82) is 0 Å². The van der Waals surface area contributed by atoms with Gasteiger partial charge in [-0.2, -0.15) is 0 Å². The van der Waals surface area contributed by atoms with E-state index in [4.69, 9.17) is 9.15 Å². The summed E-state index contributed by atoms with van der Waals surface area (Å²) in [7, 11) is 3.59. The summed E-state index contributed by atoms with van der Waals surface area (Å²) < 4.78 is 13.0. The van der Waals surface area contributed by atoms with Crippen LogP contribution in [0, 0.1) is 0 Å². The number of hydrogen-bond acceptors (Lipinski definition) is 7. The van der Waals surface area contributed by atoms with E-state index in [0.29, 0.717) is 11.8 Å². The quantitative estimate of drug-likeness (QED) is 0.449. The summed E-state index contributed by atoms with van der Waals surface area (Å²) in [5, 5.41) is 17.7. The van der Waals surface area contributed by atoms with Crippen molar-refractivity contribution in [3.63, 3.8) is 0 Å². The Labute approximate surface area is 166 Å². The van der Waals surface area contributed by atoms with Crippen molar-refractivity contribution in [1.82, 2.24) is 25.0 Å². The number of nitrogens with zero attached hydrogens (tertiary/aromatic N) is 5. The average molecular weight is 393 g/mol. The fourth-order valence-electron chi connectivity index (χ4n) is 2.71. The van der Waals surface area contributed by atoms with E-state index in [0.717, 1.165) is 27.9 Å². The molecule has 2 heterocycles. The molecule has 0 fully saturated rings. The van der Waals surface area contributed by atoms with Crippen molar-refractivity contribution in [2.45, 2.75) is 17.3 Å². The van der Waals surface area contributed by atoms with Crippen molar-refractivity contribution in [2.24, 2.45) is 7.05 Å². The summed E-state index contributed by atoms with van der Waals surface area (Å²) in [4.78, 5) is 0. The highest BCUT2D eigenvalue weighted by Gasteiger charge is 2.20. The molecule has 1 unspecified atom stereocenters. The van der Waals surface area contributed by atoms with E-state index >= 15 is 0 Å². The number of thioether (sulfide) groups is 1. The summed E-state index contributed by atoms with van der Waals surface area (Å²) >= 11 is 1.52. The molecule has 0 aliphatic carbocycles. The Kier molecular flexibility index (Phi) is 5.12. The molecule has 0 saturated heterocycles. The van der Waals surface area contributed by atoms with Gasteiger partial charge in [-0.1, -0.05) is 30.0 Å². The number of hydrogen-bond donors (Lipinski definition) is 0. The highest BCUT2D eigenvalue weighted by molar-refractivity contribution is 7.99. The largest absolute Gasteiger partial charge is 0.497 e. The Morgan fingerprint density at radius 2 is 1.68 bits per heavy atom. The summed E-state index contributed by atoms with van der Waals surface area (Å²) in [6, 6.07) is 17.5. The van der Waals surface area contributed by atoms with Gasteiger partial charge in [0, 0.05) is 18.2 Å². The van der Waals surface area contributed by atoms with Gasteiger partial charge in [0.1, 0.15) is 5.75 Å². The van der Waals surface area contributed by atoms with Gasteiger partial charge in [-0.05, 0) is 43.3 Å². The second-order valence-corrected chi connectivity index (χ2v) is 7.47. The van der Waals surface area contributed by atoms with E-state index in [1.54, 1.807) is 7.11 Å². The van der Waals surface area contributed by atoms with Gasteiger partial charge in [0.15, 0.2) is 11.0 Å². The maximum absolute atomic E-state index is 5.85. The highest BCUT2D eigenvalue weighted by Crippen LogP contribution is 2.35. The Morgan fingerprint density at radius 3 is 2.39 bits per heavy atom. The minimum atomic E-state index is -0.0587. The molecular formula is C20H19N5O2S. The first kappa shape index (κ1) is 18.2. The lowest BCUT2D eigenvalue weighted by molar-refractivity contribution is 0.415. The maximum atomic E-state index is 5.85. The van der Waals surface area contributed by atoms with Crippen LogP contribution in [0.4, 0.5) is 0 Å². The summed E-state index contributed by atoms with van der Waals surface area (Å²) in [6.45, 7) is 2.01. The third-order valence-electron chi connectivity index (χ3n) is 4.27. The van der Waals surface area contributed by atoms with Crippen molar-refractivity contribution in [2.75, 3.05) is 7.11 Å². The predicted octanol–water partition coefficient (Wildman–Crippen LogP) is 4.39. The molecular weight excluding hydrogens is 374 g/mol. The zero-order chi connectivity index (χ0) is 19.5. The van der Waals surface area contributed by atoms with Crippen LogP contribution in [0.5, 0.6) is 5.75 Å². The SMILES string of the molecule is COc1ccc(-c2nnc(SC(C)c3nnc(-c4ccccc4)o3)n2C)cc1. The lowest BCUT2D eigenvalue weighted by Crippen LogP contribution is -1.97. The van der Waals surface area contributed by atoms with Gasteiger partial charge in [-0.15, -0.1) is 20.4 Å². The molecule has 0 N–H and O–H groups in total. The molecule has 28 heavy (non-hydrogen) atoms. The molecule has 0 amide bonds. The molecule has 0 bridgehead atoms. The smallest absolute Gasteiger partial charge is 0.247 e. The average Bonchev–Trinajstić information content (AvgIpc) is 3.37. The number of aromatic nitrogens is 5. The second-order valence-electron chi connectivity index (χ2n) is 6.17. The van der Waals surface area contributed by atoms with Gasteiger partial charge in [-0.25, -0.2) is 0 Å². The number of ether oxygens (including phenoxy) is 1. The first-order valence-corrected chi connectivity index (χ1v) is 9.63. The van der Waals surface area contributed by atoms with Crippen LogP contribution >= 0.6 is 11.8 Å². The Bertz CT molecular complexity index is 1060. The lowest BCUT2D eigenvalue weighted by atomic mass is 10.2. The van der Waals surface area contributed by atoms with Gasteiger partial charge in [0.05, 0.1) is 12.4 Å². The second kappa shape index (κ2) is 7.85. The van der Waals surface area contributed by atoms with Crippen molar-refractivity contribution in [3.8, 4) is 28.6 Å². The summed E-state index contributed by atoms with van der Waals surface area (Å²) in [5.41, 5.74) is 1.87. The molecule has 142 valence electrons. The van der Waals surface area contributed by atoms with E-state index < -0.39 is 0 Å². The van der Waals surface area contributed by atoms with E-state index in [2.05, 4.69) is 20.4 Å². The number of methoxy groups -OCH3 is 1. The normalized spacial score (nSPS) is 12.1. The van der Waals surface area contributed by atoms with E-state index in [-0.39, 0.29) is 5.25 Å². The summed E-state index contributed by atoms with van der Waals surface area (Å²) in [6.07, 6.45) is 0. The van der Waals surface area contributed by atoms with Gasteiger partial charge in [0.25, 0.3) is 0 Å². The first-order chi connectivity index (χ1) is 13.7. The minimum absolute atomic E-state index is 0.0587. The number of benzene rings is 2. The van der Waals surface area contributed by atoms with Crippen molar-refractivity contribution >= 4 is 11.8 Å². The Balaban J connectivity index is 1.51. The Hall–Kier alpha value is -3.13. The minimum Gasteiger partial charge on any atom is -0.497 e. The van der Waals surface area contributed by atoms with Gasteiger partial charge >= 0.3 is 0 Å². The standard InChI is InChI=1S/C20H19N5O2S/c1-13(18-22-23-19(27-18)15-7-5-4-6-8-15)28-20-24-21-17(25(20)2)14-9-11-16(26-3)12-10-14/h4-13H,1-3H3. The van der Waals surface area contributed by atoms with Gasteiger partial charge in [-0.3, -0.25) is 0 Å². The van der Waals surface area contributed by atoms with E-state index in [1.165, 1.54) is 11.8 Å². The van der Waals surface area contributed by atoms with E-state index in [9.17, 15) is 0 Å². The molecule has 0 aliphatic heterocycles. The van der Waals surface area contributed by atoms with Gasteiger partial charge in [0.2, 0.25) is 11.8 Å². The zero-order valence-corrected chi connectivity index (χ0v) is 16.6. The van der Waals surface area contributed by atoms with Crippen LogP contribution in [-0.2, 0) is 7.05 Å². The highest BCUT2D eigenvalue weighted by atomic mass is 32.2. The lowest BCUT2D eigenvalue weighted by Gasteiger charge is -2.07. The van der Waals surface area contributed by atoms with Crippen LogP contribution in [-0.4, -0.2) is 32.1 Å². The molecule has 0 radical (unpaired) electrons. The van der Waals surface area contributed by atoms with Gasteiger partial charge < -0.3 is 13.7 Å². The third kappa shape index (κ3) is 3.63. The molecule has 0 aliphatic rings. The molecule has 8 heteroatoms. The van der Waals surface area contributed by atoms with Crippen LogP contribution in [0.15, 0.2) is 64.2 Å². The van der Waals surface area contributed by atoms with Crippen LogP contribution in [0.1, 0.15) is 18.1 Å². The Morgan fingerprint density at radius 1 is 0.929 bits per heavy atom. The maximum Gasteiger partial charge on any atom is 0.247 e. The summed E-state index contributed by atoms with van der Waals surface area (Å²) in [5.74, 6) is 2.66. The molecule has 0 saturated carbocycles. The van der Waals surface area contributed by atoms with Crippen LogP contribution < -0.4 is 4.74 Å². The predicted molar refractivity (Wildman–Crippen MR) is 107 cm³/mol. The molecule has 7 nitrogen and oxygen atoms in total. The van der Waals surface area contributed by atoms with Crippen molar-refractivity contribution < 1.29 is 9.15 Å². The van der Waals surface area contributed by atoms with Crippen LogP contribution in [0.3, 0.4) is 0 Å². The first-order valence-electron chi connectivity index (χ1n) is 8.75.